The Bertz CT molecular complexity index is 404. The van der Waals surface area contributed by atoms with E-state index in [0.717, 1.165) is 10.0 Å². The van der Waals surface area contributed by atoms with E-state index in [4.69, 9.17) is 5.73 Å². The maximum Gasteiger partial charge on any atom is 0.242 e. The molecule has 0 aliphatic heterocycles. The second-order valence-electron chi connectivity index (χ2n) is 4.52. The molecule has 0 saturated carbocycles. The van der Waals surface area contributed by atoms with Gasteiger partial charge < -0.3 is 10.6 Å². The molecule has 0 heterocycles. The number of benzene rings is 1. The van der Waals surface area contributed by atoms with Crippen LogP contribution >= 0.6 is 15.9 Å². The molecule has 4 heteroatoms. The minimum Gasteiger partial charge on any atom is -0.340 e. The first-order chi connectivity index (χ1) is 7.88. The number of likely N-dealkylation sites (N-methyl/N-ethyl adjacent to an activating group) is 1. The second-order valence-corrected chi connectivity index (χ2v) is 5.38. The predicted octanol–water partition coefficient (Wildman–Crippen LogP) is 2.53. The molecular formula is C13H19BrN2O. The van der Waals surface area contributed by atoms with E-state index in [-0.39, 0.29) is 5.91 Å². The smallest absolute Gasteiger partial charge is 0.242 e. The van der Waals surface area contributed by atoms with E-state index in [1.165, 1.54) is 0 Å². The van der Waals surface area contributed by atoms with Crippen molar-refractivity contribution in [3.8, 4) is 0 Å². The Morgan fingerprint density at radius 2 is 2.06 bits per heavy atom. The fraction of sp³-hybridized carbons (Fsp3) is 0.462. The van der Waals surface area contributed by atoms with Crippen molar-refractivity contribution in [1.82, 2.24) is 4.90 Å². The molecule has 2 N–H and O–H groups in total. The third-order valence-electron chi connectivity index (χ3n) is 2.94. The van der Waals surface area contributed by atoms with Crippen LogP contribution in [0.15, 0.2) is 28.7 Å². The molecule has 1 atom stereocenters. The minimum atomic E-state index is -0.782. The first kappa shape index (κ1) is 14.2. The van der Waals surface area contributed by atoms with Crippen LogP contribution in [0.25, 0.3) is 0 Å². The number of rotatable bonds is 4. The van der Waals surface area contributed by atoms with Gasteiger partial charge in [0.1, 0.15) is 0 Å². The average molecular weight is 299 g/mol. The average Bonchev–Trinajstić information content (AvgIpc) is 2.31. The van der Waals surface area contributed by atoms with Crippen LogP contribution < -0.4 is 5.73 Å². The number of nitrogens with zero attached hydrogens (tertiary/aromatic N) is 1. The standard InChI is InChI=1S/C13H19BrN2O/c1-4-13(2,15)12(17)16(3)9-10-7-5-6-8-11(10)14/h5-8H,4,9,15H2,1-3H3. The molecule has 0 aliphatic rings. The highest BCUT2D eigenvalue weighted by atomic mass is 79.9. The normalized spacial score (nSPS) is 14.2. The molecular weight excluding hydrogens is 280 g/mol. The molecule has 94 valence electrons. The highest BCUT2D eigenvalue weighted by molar-refractivity contribution is 9.10. The van der Waals surface area contributed by atoms with E-state index < -0.39 is 5.54 Å². The molecule has 1 aromatic carbocycles. The summed E-state index contributed by atoms with van der Waals surface area (Å²) in [5.74, 6) is -0.0317. The van der Waals surface area contributed by atoms with Crippen LogP contribution in [0, 0.1) is 0 Å². The topological polar surface area (TPSA) is 46.3 Å². The lowest BCUT2D eigenvalue weighted by atomic mass is 9.98. The number of carbonyl (C=O) groups is 1. The fourth-order valence-corrected chi connectivity index (χ4v) is 1.95. The Balaban J connectivity index is 2.77. The van der Waals surface area contributed by atoms with Crippen LogP contribution in [0.3, 0.4) is 0 Å². The molecule has 17 heavy (non-hydrogen) atoms. The molecule has 0 radical (unpaired) electrons. The van der Waals surface area contributed by atoms with E-state index in [1.54, 1.807) is 18.9 Å². The van der Waals surface area contributed by atoms with Crippen LogP contribution in [-0.4, -0.2) is 23.4 Å². The molecule has 0 bridgehead atoms. The number of hydrogen-bond acceptors (Lipinski definition) is 2. The highest BCUT2D eigenvalue weighted by Crippen LogP contribution is 2.18. The zero-order chi connectivity index (χ0) is 13.1. The van der Waals surface area contributed by atoms with Gasteiger partial charge in [0.05, 0.1) is 5.54 Å². The monoisotopic (exact) mass is 298 g/mol. The van der Waals surface area contributed by atoms with Gasteiger partial charge in [-0.1, -0.05) is 41.1 Å². The first-order valence-electron chi connectivity index (χ1n) is 5.66. The van der Waals surface area contributed by atoms with Gasteiger partial charge >= 0.3 is 0 Å². The van der Waals surface area contributed by atoms with Crippen LogP contribution in [-0.2, 0) is 11.3 Å². The van der Waals surface area contributed by atoms with Crippen LogP contribution in [0.4, 0.5) is 0 Å². The van der Waals surface area contributed by atoms with E-state index in [2.05, 4.69) is 15.9 Å². The van der Waals surface area contributed by atoms with E-state index >= 15 is 0 Å². The third kappa shape index (κ3) is 3.54. The summed E-state index contributed by atoms with van der Waals surface area (Å²) in [5.41, 5.74) is 6.25. The molecule has 0 aromatic heterocycles. The van der Waals surface area contributed by atoms with Gasteiger partial charge in [0.15, 0.2) is 0 Å². The maximum absolute atomic E-state index is 12.1. The van der Waals surface area contributed by atoms with Gasteiger partial charge in [-0.3, -0.25) is 4.79 Å². The number of amides is 1. The summed E-state index contributed by atoms with van der Waals surface area (Å²) in [5, 5.41) is 0. The van der Waals surface area contributed by atoms with Crippen molar-refractivity contribution < 1.29 is 4.79 Å². The molecule has 1 amide bonds. The second kappa shape index (κ2) is 5.65. The highest BCUT2D eigenvalue weighted by Gasteiger charge is 2.29. The summed E-state index contributed by atoms with van der Waals surface area (Å²) in [4.78, 5) is 13.8. The molecule has 1 rings (SSSR count). The molecule has 1 unspecified atom stereocenters. The van der Waals surface area contributed by atoms with Gasteiger partial charge in [0, 0.05) is 18.1 Å². The Morgan fingerprint density at radius 3 is 2.59 bits per heavy atom. The summed E-state index contributed by atoms with van der Waals surface area (Å²) in [6.07, 6.45) is 0.631. The predicted molar refractivity (Wildman–Crippen MR) is 73.5 cm³/mol. The van der Waals surface area contributed by atoms with Crippen LogP contribution in [0.1, 0.15) is 25.8 Å². The van der Waals surface area contributed by atoms with Gasteiger partial charge in [-0.2, -0.15) is 0 Å². The van der Waals surface area contributed by atoms with Gasteiger partial charge in [-0.25, -0.2) is 0 Å². The molecule has 3 nitrogen and oxygen atoms in total. The van der Waals surface area contributed by atoms with Crippen LogP contribution in [0.2, 0.25) is 0 Å². The molecule has 0 aliphatic carbocycles. The van der Waals surface area contributed by atoms with Crippen molar-refractivity contribution in [2.45, 2.75) is 32.4 Å². The van der Waals surface area contributed by atoms with E-state index in [1.807, 2.05) is 31.2 Å². The SMILES string of the molecule is CCC(C)(N)C(=O)N(C)Cc1ccccc1Br. The summed E-state index contributed by atoms with van der Waals surface area (Å²) in [6, 6.07) is 7.87. The molecule has 0 spiro atoms. The lowest BCUT2D eigenvalue weighted by Crippen LogP contribution is -2.51. The van der Waals surface area contributed by atoms with Crippen molar-refractivity contribution >= 4 is 21.8 Å². The Kier molecular flexibility index (Phi) is 4.71. The molecule has 0 fully saturated rings. The van der Waals surface area contributed by atoms with E-state index in [0.29, 0.717) is 13.0 Å². The molecule has 0 saturated heterocycles. The van der Waals surface area contributed by atoms with E-state index in [9.17, 15) is 4.79 Å². The third-order valence-corrected chi connectivity index (χ3v) is 3.71. The zero-order valence-corrected chi connectivity index (χ0v) is 12.1. The Morgan fingerprint density at radius 1 is 1.47 bits per heavy atom. The van der Waals surface area contributed by atoms with Crippen molar-refractivity contribution in [1.29, 1.82) is 0 Å². The van der Waals surface area contributed by atoms with Crippen molar-refractivity contribution in [3.05, 3.63) is 34.3 Å². The number of carbonyl (C=O) groups excluding carboxylic acids is 1. The maximum atomic E-state index is 12.1. The molecule has 1 aromatic rings. The van der Waals surface area contributed by atoms with Crippen molar-refractivity contribution in [2.24, 2.45) is 5.73 Å². The summed E-state index contributed by atoms with van der Waals surface area (Å²) in [6.45, 7) is 4.25. The fourth-order valence-electron chi connectivity index (χ4n) is 1.54. The Labute approximate surface area is 111 Å². The summed E-state index contributed by atoms with van der Waals surface area (Å²) < 4.78 is 1.01. The van der Waals surface area contributed by atoms with Gasteiger partial charge in [0.25, 0.3) is 0 Å². The lowest BCUT2D eigenvalue weighted by Gasteiger charge is -2.28. The van der Waals surface area contributed by atoms with Crippen molar-refractivity contribution in [2.75, 3.05) is 7.05 Å². The number of nitrogens with two attached hydrogens (primary N) is 1. The first-order valence-corrected chi connectivity index (χ1v) is 6.45. The van der Waals surface area contributed by atoms with Crippen LogP contribution in [0.5, 0.6) is 0 Å². The number of halogens is 1. The minimum absolute atomic E-state index is 0.0317. The zero-order valence-electron chi connectivity index (χ0n) is 10.5. The van der Waals surface area contributed by atoms with Gasteiger partial charge in [0.2, 0.25) is 5.91 Å². The number of hydrogen-bond donors (Lipinski definition) is 1. The quantitative estimate of drug-likeness (QED) is 0.928. The largest absolute Gasteiger partial charge is 0.340 e. The van der Waals surface area contributed by atoms with Gasteiger partial charge in [-0.05, 0) is 25.0 Å². The lowest BCUT2D eigenvalue weighted by molar-refractivity contribution is -0.135. The van der Waals surface area contributed by atoms with Gasteiger partial charge in [-0.15, -0.1) is 0 Å². The summed E-state index contributed by atoms with van der Waals surface area (Å²) in [7, 11) is 1.78. The van der Waals surface area contributed by atoms with Crippen molar-refractivity contribution in [3.63, 3.8) is 0 Å². The Hall–Kier alpha value is -0.870. The summed E-state index contributed by atoms with van der Waals surface area (Å²) >= 11 is 3.47.